The molecule has 1 aliphatic heterocycles. The molecule has 1 aliphatic rings. The molecule has 0 atom stereocenters. The second kappa shape index (κ2) is 3.33. The van der Waals surface area contributed by atoms with Crippen molar-refractivity contribution in [2.45, 2.75) is 26.2 Å². The van der Waals surface area contributed by atoms with E-state index in [-0.39, 0.29) is 5.41 Å². The molecule has 0 aliphatic carbocycles. The topological polar surface area (TPSA) is 30.2 Å². The molecule has 0 radical (unpaired) electrons. The summed E-state index contributed by atoms with van der Waals surface area (Å²) in [6.07, 6.45) is 4.00. The molecular formula is C12H17N3. The maximum Gasteiger partial charge on any atom is 0.0938 e. The van der Waals surface area contributed by atoms with Gasteiger partial charge < -0.3 is 0 Å². The van der Waals surface area contributed by atoms with Crippen LogP contribution < -0.4 is 0 Å². The average Bonchev–Trinajstić information content (AvgIpc) is 2.68. The van der Waals surface area contributed by atoms with E-state index in [2.05, 4.69) is 43.0 Å². The molecule has 80 valence electrons. The third-order valence-electron chi connectivity index (χ3n) is 2.59. The van der Waals surface area contributed by atoms with Crippen molar-refractivity contribution < 1.29 is 0 Å². The number of hydrogen-bond donors (Lipinski definition) is 0. The average molecular weight is 203 g/mol. The molecule has 0 saturated heterocycles. The first-order valence-corrected chi connectivity index (χ1v) is 5.23. The Morgan fingerprint density at radius 1 is 1.33 bits per heavy atom. The second-order valence-electron chi connectivity index (χ2n) is 4.94. The van der Waals surface area contributed by atoms with Crippen molar-refractivity contribution in [2.24, 2.45) is 12.0 Å². The molecule has 3 heteroatoms. The largest absolute Gasteiger partial charge is 0.288 e. The Hall–Kier alpha value is -1.38. The molecular weight excluding hydrogens is 186 g/mol. The zero-order valence-electron chi connectivity index (χ0n) is 9.78. The lowest BCUT2D eigenvalue weighted by molar-refractivity contribution is 0.523. The number of aliphatic imine (C=N–C) groups is 1. The first-order valence-electron chi connectivity index (χ1n) is 5.23. The van der Waals surface area contributed by atoms with Crippen LogP contribution >= 0.6 is 0 Å². The van der Waals surface area contributed by atoms with Gasteiger partial charge in [-0.2, -0.15) is 5.10 Å². The molecule has 15 heavy (non-hydrogen) atoms. The molecule has 3 nitrogen and oxygen atoms in total. The summed E-state index contributed by atoms with van der Waals surface area (Å²) < 4.78 is 1.96. The number of aryl methyl sites for hydroxylation is 1. The predicted octanol–water partition coefficient (Wildman–Crippen LogP) is 2.19. The van der Waals surface area contributed by atoms with Crippen LogP contribution in [0.4, 0.5) is 0 Å². The lowest BCUT2D eigenvalue weighted by Crippen LogP contribution is -2.16. The molecule has 1 aromatic rings. The Morgan fingerprint density at radius 2 is 2.07 bits per heavy atom. The minimum Gasteiger partial charge on any atom is -0.288 e. The van der Waals surface area contributed by atoms with Crippen molar-refractivity contribution >= 4 is 11.8 Å². The van der Waals surface area contributed by atoms with Crippen molar-refractivity contribution in [1.29, 1.82) is 0 Å². The van der Waals surface area contributed by atoms with Crippen LogP contribution in [0.25, 0.3) is 5.57 Å². The summed E-state index contributed by atoms with van der Waals surface area (Å²) in [5, 5.41) is 4.52. The van der Waals surface area contributed by atoms with E-state index < -0.39 is 0 Å². The van der Waals surface area contributed by atoms with E-state index in [0.29, 0.717) is 0 Å². The van der Waals surface area contributed by atoms with Gasteiger partial charge in [0.25, 0.3) is 0 Å². The zero-order chi connectivity index (χ0) is 11.1. The molecule has 0 saturated carbocycles. The Bertz CT molecular complexity index is 430. The highest BCUT2D eigenvalue weighted by Gasteiger charge is 2.20. The molecule has 0 aromatic carbocycles. The first kappa shape index (κ1) is 10.1. The highest BCUT2D eigenvalue weighted by atomic mass is 15.3. The molecule has 1 aromatic heterocycles. The van der Waals surface area contributed by atoms with Crippen molar-refractivity contribution in [2.75, 3.05) is 6.54 Å². The molecule has 0 spiro atoms. The number of nitrogens with zero attached hydrogens (tertiary/aromatic N) is 3. The van der Waals surface area contributed by atoms with Crippen LogP contribution in [0.5, 0.6) is 0 Å². The van der Waals surface area contributed by atoms with Crippen LogP contribution in [0.2, 0.25) is 0 Å². The smallest absolute Gasteiger partial charge is 0.0938 e. The van der Waals surface area contributed by atoms with E-state index in [4.69, 9.17) is 0 Å². The van der Waals surface area contributed by atoms with Crippen LogP contribution in [0, 0.1) is 0 Å². The summed E-state index contributed by atoms with van der Waals surface area (Å²) in [5.74, 6) is 0. The van der Waals surface area contributed by atoms with Crippen LogP contribution in [-0.2, 0) is 12.5 Å². The molecule has 0 amide bonds. The van der Waals surface area contributed by atoms with Crippen LogP contribution in [0.15, 0.2) is 17.1 Å². The van der Waals surface area contributed by atoms with E-state index >= 15 is 0 Å². The molecule has 2 rings (SSSR count). The van der Waals surface area contributed by atoms with Gasteiger partial charge in [-0.05, 0) is 6.07 Å². The molecule has 0 fully saturated rings. The number of rotatable bonds is 1. The summed E-state index contributed by atoms with van der Waals surface area (Å²) in [4.78, 5) is 4.18. The summed E-state index contributed by atoms with van der Waals surface area (Å²) in [7, 11) is 2.00. The molecule has 0 bridgehead atoms. The molecule has 0 unspecified atom stereocenters. The van der Waals surface area contributed by atoms with Crippen molar-refractivity contribution in [3.8, 4) is 0 Å². The summed E-state index contributed by atoms with van der Waals surface area (Å²) in [5.41, 5.74) is 3.56. The Kier molecular flexibility index (Phi) is 2.25. The fourth-order valence-electron chi connectivity index (χ4n) is 1.84. The third kappa shape index (κ3) is 1.87. The maximum atomic E-state index is 4.52. The van der Waals surface area contributed by atoms with Gasteiger partial charge in [0.05, 0.1) is 12.2 Å². The number of aromatic nitrogens is 2. The van der Waals surface area contributed by atoms with Crippen molar-refractivity contribution in [3.63, 3.8) is 0 Å². The lowest BCUT2D eigenvalue weighted by atomic mass is 9.91. The van der Waals surface area contributed by atoms with E-state index in [0.717, 1.165) is 17.8 Å². The highest BCUT2D eigenvalue weighted by molar-refractivity contribution is 6.10. The summed E-state index contributed by atoms with van der Waals surface area (Å²) in [6.45, 7) is 7.39. The van der Waals surface area contributed by atoms with Crippen molar-refractivity contribution in [1.82, 2.24) is 9.78 Å². The van der Waals surface area contributed by atoms with Gasteiger partial charge in [0.15, 0.2) is 0 Å². The van der Waals surface area contributed by atoms with Crippen LogP contribution in [-0.4, -0.2) is 22.5 Å². The van der Waals surface area contributed by atoms with Gasteiger partial charge in [-0.3, -0.25) is 9.67 Å². The predicted molar refractivity (Wildman–Crippen MR) is 63.2 cm³/mol. The van der Waals surface area contributed by atoms with Gasteiger partial charge in [-0.25, -0.2) is 0 Å². The molecule has 2 heterocycles. The number of hydrogen-bond acceptors (Lipinski definition) is 2. The quantitative estimate of drug-likeness (QED) is 0.688. The fraction of sp³-hybridized carbons (Fsp3) is 0.500. The van der Waals surface area contributed by atoms with E-state index in [9.17, 15) is 0 Å². The molecule has 0 N–H and O–H groups in total. The second-order valence-corrected chi connectivity index (χ2v) is 4.94. The van der Waals surface area contributed by atoms with Crippen LogP contribution in [0.1, 0.15) is 32.2 Å². The standard InChI is InChI=1S/C12H17N3/c1-12(2,3)11-7-10(14-15(11)4)9-5-6-13-8-9/h5,7-8H,6H2,1-4H3. The van der Waals surface area contributed by atoms with E-state index in [1.54, 1.807) is 0 Å². The normalized spacial score (nSPS) is 15.9. The van der Waals surface area contributed by atoms with Gasteiger partial charge in [0, 0.05) is 29.9 Å². The zero-order valence-corrected chi connectivity index (χ0v) is 9.78. The Balaban J connectivity index is 2.41. The monoisotopic (exact) mass is 203 g/mol. The van der Waals surface area contributed by atoms with Gasteiger partial charge >= 0.3 is 0 Å². The van der Waals surface area contributed by atoms with Crippen LogP contribution in [0.3, 0.4) is 0 Å². The minimum absolute atomic E-state index is 0.135. The Morgan fingerprint density at radius 3 is 2.53 bits per heavy atom. The van der Waals surface area contributed by atoms with Gasteiger partial charge in [-0.15, -0.1) is 0 Å². The van der Waals surface area contributed by atoms with Gasteiger partial charge in [-0.1, -0.05) is 26.8 Å². The SMILES string of the molecule is Cn1nc(C2=CCN=C2)cc1C(C)(C)C. The minimum atomic E-state index is 0.135. The third-order valence-corrected chi connectivity index (χ3v) is 2.59. The number of allylic oxidation sites excluding steroid dienone is 1. The van der Waals surface area contributed by atoms with Crippen molar-refractivity contribution in [3.05, 3.63) is 23.5 Å². The van der Waals surface area contributed by atoms with E-state index in [1.165, 1.54) is 5.69 Å². The summed E-state index contributed by atoms with van der Waals surface area (Å²) in [6, 6.07) is 2.16. The van der Waals surface area contributed by atoms with Gasteiger partial charge in [0.2, 0.25) is 0 Å². The van der Waals surface area contributed by atoms with E-state index in [1.807, 2.05) is 17.9 Å². The lowest BCUT2D eigenvalue weighted by Gasteiger charge is -2.17. The Labute approximate surface area is 90.5 Å². The maximum absolute atomic E-state index is 4.52. The first-order chi connectivity index (χ1) is 6.98. The van der Waals surface area contributed by atoms with Gasteiger partial charge in [0.1, 0.15) is 0 Å². The highest BCUT2D eigenvalue weighted by Crippen LogP contribution is 2.25. The summed E-state index contributed by atoms with van der Waals surface area (Å²) >= 11 is 0. The fourth-order valence-corrected chi connectivity index (χ4v) is 1.84.